The number of hydrogen-bond acceptors (Lipinski definition) is 5. The Morgan fingerprint density at radius 1 is 1.20 bits per heavy atom. The summed E-state index contributed by atoms with van der Waals surface area (Å²) in [5.41, 5.74) is 2.83. The van der Waals surface area contributed by atoms with Crippen molar-refractivity contribution in [2.45, 2.75) is 24.3 Å². The molecule has 0 aliphatic rings. The topological polar surface area (TPSA) is 72.7 Å². The van der Waals surface area contributed by atoms with Crippen LogP contribution in [0.15, 0.2) is 53.9 Å². The van der Waals surface area contributed by atoms with Crippen LogP contribution < -0.4 is 5.32 Å². The van der Waals surface area contributed by atoms with Crippen molar-refractivity contribution in [3.8, 4) is 11.4 Å². The van der Waals surface area contributed by atoms with E-state index < -0.39 is 0 Å². The number of aryl methyl sites for hydroxylation is 1. The summed E-state index contributed by atoms with van der Waals surface area (Å²) in [6, 6.07) is 11.5. The Balaban J connectivity index is 1.68. The number of pyridine rings is 1. The first-order valence-electron chi connectivity index (χ1n) is 7.88. The number of aromatic nitrogens is 4. The second-order valence-electron chi connectivity index (χ2n) is 5.72. The van der Waals surface area contributed by atoms with Gasteiger partial charge in [-0.3, -0.25) is 9.78 Å². The van der Waals surface area contributed by atoms with E-state index in [0.29, 0.717) is 5.16 Å². The monoisotopic (exact) mass is 353 g/mol. The number of benzene rings is 1. The van der Waals surface area contributed by atoms with Gasteiger partial charge in [0, 0.05) is 30.7 Å². The number of nitrogens with one attached hydrogen (secondary N) is 1. The van der Waals surface area contributed by atoms with Gasteiger partial charge < -0.3 is 9.88 Å². The van der Waals surface area contributed by atoms with Crippen LogP contribution in [0.25, 0.3) is 11.4 Å². The van der Waals surface area contributed by atoms with Gasteiger partial charge in [0.15, 0.2) is 11.0 Å². The lowest BCUT2D eigenvalue weighted by Gasteiger charge is -2.12. The summed E-state index contributed by atoms with van der Waals surface area (Å²) in [6.45, 7) is 3.87. The molecule has 0 bridgehead atoms. The molecule has 3 aromatic rings. The van der Waals surface area contributed by atoms with Crippen molar-refractivity contribution in [1.82, 2.24) is 19.7 Å². The van der Waals surface area contributed by atoms with Crippen molar-refractivity contribution in [3.63, 3.8) is 0 Å². The molecule has 2 aromatic heterocycles. The maximum Gasteiger partial charge on any atom is 0.237 e. The van der Waals surface area contributed by atoms with Gasteiger partial charge in [0.1, 0.15) is 0 Å². The minimum Gasteiger partial charge on any atom is -0.325 e. The molecule has 1 aromatic carbocycles. The Morgan fingerprint density at radius 3 is 2.64 bits per heavy atom. The van der Waals surface area contributed by atoms with E-state index in [4.69, 9.17) is 0 Å². The molecule has 0 saturated carbocycles. The standard InChI is InChI=1S/C18H19N5OS/c1-12-6-8-15(9-7-12)20-17(24)13(2)25-18-22-21-16(23(18)3)14-5-4-10-19-11-14/h4-11,13H,1-3H3,(H,20,24)/t13-/m1/s1. The summed E-state index contributed by atoms with van der Waals surface area (Å²) in [5.74, 6) is 0.654. The van der Waals surface area contributed by atoms with E-state index in [1.165, 1.54) is 11.8 Å². The zero-order valence-corrected chi connectivity index (χ0v) is 15.1. The third-order valence-corrected chi connectivity index (χ3v) is 4.86. The normalized spacial score (nSPS) is 12.0. The van der Waals surface area contributed by atoms with Gasteiger partial charge in [-0.15, -0.1) is 10.2 Å². The highest BCUT2D eigenvalue weighted by molar-refractivity contribution is 8.00. The lowest BCUT2D eigenvalue weighted by Crippen LogP contribution is -2.22. The zero-order chi connectivity index (χ0) is 17.8. The van der Waals surface area contributed by atoms with Crippen LogP contribution in [-0.4, -0.2) is 30.9 Å². The van der Waals surface area contributed by atoms with Crippen molar-refractivity contribution >= 4 is 23.4 Å². The molecule has 0 radical (unpaired) electrons. The van der Waals surface area contributed by atoms with Crippen LogP contribution in [0, 0.1) is 6.92 Å². The van der Waals surface area contributed by atoms with Crippen molar-refractivity contribution in [2.24, 2.45) is 7.05 Å². The van der Waals surface area contributed by atoms with Crippen molar-refractivity contribution in [1.29, 1.82) is 0 Å². The average molecular weight is 353 g/mol. The highest BCUT2D eigenvalue weighted by Gasteiger charge is 2.19. The fourth-order valence-electron chi connectivity index (χ4n) is 2.26. The molecular weight excluding hydrogens is 334 g/mol. The quantitative estimate of drug-likeness (QED) is 0.713. The minimum atomic E-state index is -0.300. The lowest BCUT2D eigenvalue weighted by molar-refractivity contribution is -0.115. The number of nitrogens with zero attached hydrogens (tertiary/aromatic N) is 4. The maximum atomic E-state index is 12.4. The van der Waals surface area contributed by atoms with Gasteiger partial charge >= 0.3 is 0 Å². The van der Waals surface area contributed by atoms with Gasteiger partial charge in [0.25, 0.3) is 0 Å². The Morgan fingerprint density at radius 2 is 1.96 bits per heavy atom. The van der Waals surface area contributed by atoms with Crippen LogP contribution in [0.1, 0.15) is 12.5 Å². The molecule has 0 spiro atoms. The highest BCUT2D eigenvalue weighted by atomic mass is 32.2. The van der Waals surface area contributed by atoms with Crippen LogP contribution in [-0.2, 0) is 11.8 Å². The van der Waals surface area contributed by atoms with E-state index >= 15 is 0 Å². The summed E-state index contributed by atoms with van der Waals surface area (Å²) in [7, 11) is 1.88. The van der Waals surface area contributed by atoms with Gasteiger partial charge in [0.05, 0.1) is 5.25 Å². The molecule has 2 heterocycles. The molecule has 0 aliphatic heterocycles. The highest BCUT2D eigenvalue weighted by Crippen LogP contribution is 2.26. The second-order valence-corrected chi connectivity index (χ2v) is 7.03. The molecule has 6 nitrogen and oxygen atoms in total. The van der Waals surface area contributed by atoms with Gasteiger partial charge in [0.2, 0.25) is 5.91 Å². The van der Waals surface area contributed by atoms with E-state index in [0.717, 1.165) is 22.6 Å². The predicted molar refractivity (Wildman–Crippen MR) is 99.4 cm³/mol. The fraction of sp³-hybridized carbons (Fsp3) is 0.222. The SMILES string of the molecule is Cc1ccc(NC(=O)[C@@H](C)Sc2nnc(-c3cccnc3)n2C)cc1. The fourth-order valence-corrected chi connectivity index (χ4v) is 3.07. The number of rotatable bonds is 5. The van der Waals surface area contributed by atoms with E-state index in [1.807, 2.05) is 61.9 Å². The molecule has 128 valence electrons. The van der Waals surface area contributed by atoms with E-state index in [9.17, 15) is 4.79 Å². The van der Waals surface area contributed by atoms with Crippen LogP contribution in [0.4, 0.5) is 5.69 Å². The molecule has 0 unspecified atom stereocenters. The first kappa shape index (κ1) is 17.2. The average Bonchev–Trinajstić information content (AvgIpc) is 2.98. The Bertz CT molecular complexity index is 861. The van der Waals surface area contributed by atoms with E-state index in [2.05, 4.69) is 20.5 Å². The summed E-state index contributed by atoms with van der Waals surface area (Å²) in [5, 5.41) is 11.7. The van der Waals surface area contributed by atoms with Gasteiger partial charge in [-0.05, 0) is 38.1 Å². The number of carbonyl (C=O) groups excluding carboxylic acids is 1. The van der Waals surface area contributed by atoms with Crippen LogP contribution in [0.2, 0.25) is 0 Å². The minimum absolute atomic E-state index is 0.0696. The van der Waals surface area contributed by atoms with Crippen LogP contribution in [0.3, 0.4) is 0 Å². The van der Waals surface area contributed by atoms with Crippen molar-refractivity contribution in [2.75, 3.05) is 5.32 Å². The molecule has 3 rings (SSSR count). The first-order chi connectivity index (χ1) is 12.0. The molecule has 0 fully saturated rings. The van der Waals surface area contributed by atoms with E-state index in [1.54, 1.807) is 12.4 Å². The molecule has 1 N–H and O–H groups in total. The number of carbonyl (C=O) groups is 1. The number of anilines is 1. The number of thioether (sulfide) groups is 1. The zero-order valence-electron chi connectivity index (χ0n) is 14.3. The van der Waals surface area contributed by atoms with Crippen molar-refractivity contribution in [3.05, 3.63) is 54.4 Å². The molecular formula is C18H19N5OS. The van der Waals surface area contributed by atoms with Crippen molar-refractivity contribution < 1.29 is 4.79 Å². The lowest BCUT2D eigenvalue weighted by atomic mass is 10.2. The third-order valence-electron chi connectivity index (χ3n) is 3.73. The van der Waals surface area contributed by atoms with E-state index in [-0.39, 0.29) is 11.2 Å². The summed E-state index contributed by atoms with van der Waals surface area (Å²) >= 11 is 1.37. The summed E-state index contributed by atoms with van der Waals surface area (Å²) < 4.78 is 1.87. The van der Waals surface area contributed by atoms with Crippen LogP contribution >= 0.6 is 11.8 Å². The molecule has 25 heavy (non-hydrogen) atoms. The van der Waals surface area contributed by atoms with Gasteiger partial charge in [-0.1, -0.05) is 29.5 Å². The number of amides is 1. The number of hydrogen-bond donors (Lipinski definition) is 1. The first-order valence-corrected chi connectivity index (χ1v) is 8.76. The molecule has 0 saturated heterocycles. The van der Waals surface area contributed by atoms with Gasteiger partial charge in [-0.25, -0.2) is 0 Å². The second kappa shape index (κ2) is 7.48. The predicted octanol–water partition coefficient (Wildman–Crippen LogP) is 3.30. The molecule has 1 amide bonds. The van der Waals surface area contributed by atoms with Crippen LogP contribution in [0.5, 0.6) is 0 Å². The Hall–Kier alpha value is -2.67. The summed E-state index contributed by atoms with van der Waals surface area (Å²) in [4.78, 5) is 16.5. The van der Waals surface area contributed by atoms with Gasteiger partial charge in [-0.2, -0.15) is 0 Å². The Labute approximate surface area is 150 Å². The summed E-state index contributed by atoms with van der Waals surface area (Å²) in [6.07, 6.45) is 3.46. The third kappa shape index (κ3) is 4.06. The largest absolute Gasteiger partial charge is 0.325 e. The Kier molecular flexibility index (Phi) is 5.14. The molecule has 7 heteroatoms. The molecule has 1 atom stereocenters. The maximum absolute atomic E-state index is 12.4. The smallest absolute Gasteiger partial charge is 0.237 e. The molecule has 0 aliphatic carbocycles.